The van der Waals surface area contributed by atoms with Gasteiger partial charge in [0, 0.05) is 0 Å². The third-order valence-electron chi connectivity index (χ3n) is 6.82. The SMILES string of the molecule is [C-]#[N+][C@]1(COC(=O)OC2CCC(C)CC2)O[C@@H](c2ccc3c(N)ncnn23)[C@@H]2OC(C)(C)O[C@@H]21. The quantitative estimate of drug-likeness (QED) is 0.528. The van der Waals surface area contributed by atoms with E-state index >= 15 is 0 Å². The van der Waals surface area contributed by atoms with Gasteiger partial charge < -0.3 is 24.7 Å². The largest absolute Gasteiger partial charge is 0.508 e. The average molecular weight is 472 g/mol. The summed E-state index contributed by atoms with van der Waals surface area (Å²) in [6.07, 6.45) is 1.89. The maximum atomic E-state index is 12.4. The van der Waals surface area contributed by atoms with Crippen LogP contribution in [0.4, 0.5) is 10.6 Å². The van der Waals surface area contributed by atoms with Gasteiger partial charge in [0.05, 0.1) is 5.69 Å². The Labute approximate surface area is 197 Å². The number of nitrogens with two attached hydrogens (primary N) is 1. The molecule has 0 spiro atoms. The smallest absolute Gasteiger partial charge is 0.431 e. The molecule has 182 valence electrons. The van der Waals surface area contributed by atoms with E-state index in [1.807, 2.05) is 0 Å². The molecular weight excluding hydrogens is 442 g/mol. The Hall–Kier alpha value is -2.94. The van der Waals surface area contributed by atoms with Crippen molar-refractivity contribution in [1.82, 2.24) is 14.6 Å². The van der Waals surface area contributed by atoms with Gasteiger partial charge in [0.15, 0.2) is 17.7 Å². The number of anilines is 1. The molecule has 1 aliphatic carbocycles. The van der Waals surface area contributed by atoms with E-state index in [0.29, 0.717) is 22.9 Å². The molecule has 0 amide bonds. The van der Waals surface area contributed by atoms with Gasteiger partial charge in [-0.05, 0) is 57.6 Å². The number of fused-ring (bicyclic) bond motifs is 2. The summed E-state index contributed by atoms with van der Waals surface area (Å²) in [7, 11) is 0. The molecule has 3 aliphatic rings. The molecule has 2 aromatic heterocycles. The summed E-state index contributed by atoms with van der Waals surface area (Å²) in [5.74, 6) is 0.00297. The van der Waals surface area contributed by atoms with Crippen molar-refractivity contribution >= 4 is 17.5 Å². The molecular formula is C23H29N5O6. The Balaban J connectivity index is 1.37. The summed E-state index contributed by atoms with van der Waals surface area (Å²) in [4.78, 5) is 20.2. The van der Waals surface area contributed by atoms with Crippen molar-refractivity contribution in [2.75, 3.05) is 12.3 Å². The number of hydrogen-bond donors (Lipinski definition) is 1. The van der Waals surface area contributed by atoms with Crippen molar-refractivity contribution in [3.05, 3.63) is 35.6 Å². The zero-order chi connectivity index (χ0) is 24.1. The summed E-state index contributed by atoms with van der Waals surface area (Å²) in [6, 6.07) is 3.58. The number of carbonyl (C=O) groups excluding carboxylic acids is 1. The Morgan fingerprint density at radius 3 is 2.76 bits per heavy atom. The molecule has 4 heterocycles. The van der Waals surface area contributed by atoms with Gasteiger partial charge in [-0.3, -0.25) is 9.58 Å². The van der Waals surface area contributed by atoms with Gasteiger partial charge in [-0.25, -0.2) is 20.9 Å². The number of aromatic nitrogens is 3. The lowest BCUT2D eigenvalue weighted by Crippen LogP contribution is -2.45. The van der Waals surface area contributed by atoms with Crippen LogP contribution < -0.4 is 5.73 Å². The summed E-state index contributed by atoms with van der Waals surface area (Å²) in [6.45, 7) is 13.3. The first-order valence-corrected chi connectivity index (χ1v) is 11.5. The maximum absolute atomic E-state index is 12.4. The lowest BCUT2D eigenvalue weighted by atomic mass is 9.89. The summed E-state index contributed by atoms with van der Waals surface area (Å²) >= 11 is 0. The van der Waals surface area contributed by atoms with Crippen LogP contribution in [0.3, 0.4) is 0 Å². The van der Waals surface area contributed by atoms with Crippen LogP contribution in [0.15, 0.2) is 18.5 Å². The molecule has 2 N–H and O–H groups in total. The fraction of sp³-hybridized carbons (Fsp3) is 0.652. The highest BCUT2D eigenvalue weighted by Gasteiger charge is 2.69. The van der Waals surface area contributed by atoms with Crippen LogP contribution in [0.2, 0.25) is 0 Å². The molecule has 2 aromatic rings. The third kappa shape index (κ3) is 3.96. The number of hydrogen-bond acceptors (Lipinski definition) is 9. The van der Waals surface area contributed by atoms with E-state index in [2.05, 4.69) is 21.9 Å². The fourth-order valence-electron chi connectivity index (χ4n) is 5.05. The van der Waals surface area contributed by atoms with Crippen LogP contribution >= 0.6 is 0 Å². The second kappa shape index (κ2) is 8.37. The van der Waals surface area contributed by atoms with Crippen molar-refractivity contribution in [3.8, 4) is 0 Å². The minimum Gasteiger partial charge on any atom is -0.431 e. The number of nitrogens with zero attached hydrogens (tertiary/aromatic N) is 4. The minimum atomic E-state index is -1.61. The Morgan fingerprint density at radius 2 is 2.03 bits per heavy atom. The number of ether oxygens (including phenoxy) is 5. The Kier molecular flexibility index (Phi) is 5.62. The molecule has 11 heteroatoms. The maximum Gasteiger partial charge on any atom is 0.508 e. The van der Waals surface area contributed by atoms with Crippen LogP contribution in [0.25, 0.3) is 10.4 Å². The van der Waals surface area contributed by atoms with E-state index in [9.17, 15) is 4.79 Å². The van der Waals surface area contributed by atoms with Gasteiger partial charge in [0.25, 0.3) is 0 Å². The lowest BCUT2D eigenvalue weighted by molar-refractivity contribution is -0.208. The van der Waals surface area contributed by atoms with Gasteiger partial charge in [-0.15, -0.1) is 0 Å². The molecule has 3 fully saturated rings. The summed E-state index contributed by atoms with van der Waals surface area (Å²) in [5, 5.41) is 4.28. The first-order valence-electron chi connectivity index (χ1n) is 11.5. The van der Waals surface area contributed by atoms with E-state index in [-0.39, 0.29) is 12.7 Å². The average Bonchev–Trinajstić information content (AvgIpc) is 3.45. The molecule has 0 radical (unpaired) electrons. The van der Waals surface area contributed by atoms with Crippen molar-refractivity contribution in [1.29, 1.82) is 0 Å². The molecule has 0 unspecified atom stereocenters. The monoisotopic (exact) mass is 471 g/mol. The molecule has 11 nitrogen and oxygen atoms in total. The van der Waals surface area contributed by atoms with E-state index in [0.717, 1.165) is 25.7 Å². The van der Waals surface area contributed by atoms with E-state index in [1.165, 1.54) is 6.33 Å². The van der Waals surface area contributed by atoms with Gasteiger partial charge in [-0.1, -0.05) is 6.92 Å². The zero-order valence-corrected chi connectivity index (χ0v) is 19.5. The van der Waals surface area contributed by atoms with Crippen molar-refractivity contribution in [2.45, 2.75) is 82.4 Å². The van der Waals surface area contributed by atoms with Crippen molar-refractivity contribution in [2.24, 2.45) is 5.92 Å². The van der Waals surface area contributed by atoms with Gasteiger partial charge in [0.2, 0.25) is 6.61 Å². The van der Waals surface area contributed by atoms with Crippen LogP contribution in [0, 0.1) is 12.5 Å². The zero-order valence-electron chi connectivity index (χ0n) is 19.5. The van der Waals surface area contributed by atoms with Crippen LogP contribution in [0.5, 0.6) is 0 Å². The molecule has 5 rings (SSSR count). The molecule has 2 saturated heterocycles. The van der Waals surface area contributed by atoms with Crippen LogP contribution in [0.1, 0.15) is 58.3 Å². The lowest BCUT2D eigenvalue weighted by Gasteiger charge is -2.27. The van der Waals surface area contributed by atoms with Gasteiger partial charge in [0.1, 0.15) is 30.2 Å². The molecule has 0 bridgehead atoms. The van der Waals surface area contributed by atoms with Gasteiger partial charge >= 0.3 is 11.9 Å². The molecule has 34 heavy (non-hydrogen) atoms. The van der Waals surface area contributed by atoms with E-state index in [1.54, 1.807) is 30.5 Å². The minimum absolute atomic E-state index is 0.167. The third-order valence-corrected chi connectivity index (χ3v) is 6.82. The van der Waals surface area contributed by atoms with Crippen molar-refractivity contribution in [3.63, 3.8) is 0 Å². The number of carbonyl (C=O) groups is 1. The summed E-state index contributed by atoms with van der Waals surface area (Å²) < 4.78 is 31.0. The Bertz CT molecular complexity index is 1120. The topological polar surface area (TPSA) is 124 Å². The molecule has 2 aliphatic heterocycles. The van der Waals surface area contributed by atoms with Crippen LogP contribution in [-0.4, -0.2) is 57.2 Å². The van der Waals surface area contributed by atoms with E-state index in [4.69, 9.17) is 36.0 Å². The molecule has 4 atom stereocenters. The van der Waals surface area contributed by atoms with Gasteiger partial charge in [-0.2, -0.15) is 5.10 Å². The number of rotatable bonds is 4. The standard InChI is InChI=1S/C23H29N5O6/c1-13-5-7-14(8-6-13)31-21(29)30-11-23(25-4)19-18(32-22(2,3)34-19)17(33-23)15-9-10-16-20(24)26-12-27-28(15)16/h9-10,12-14,17-19H,5-8,11H2,1-3H3,(H2,24,26,27)/t13?,14?,17-,18-,19-,23+/m0/s1. The van der Waals surface area contributed by atoms with Crippen LogP contribution in [-0.2, 0) is 23.7 Å². The number of nitrogen functional groups attached to an aromatic ring is 1. The first-order chi connectivity index (χ1) is 16.2. The summed E-state index contributed by atoms with van der Waals surface area (Å²) in [5.41, 5.74) is 5.61. The predicted octanol–water partition coefficient (Wildman–Crippen LogP) is 3.25. The predicted molar refractivity (Wildman–Crippen MR) is 118 cm³/mol. The van der Waals surface area contributed by atoms with Crippen molar-refractivity contribution < 1.29 is 28.5 Å². The normalized spacial score (nSPS) is 34.5. The second-order valence-electron chi connectivity index (χ2n) is 9.75. The molecule has 0 aromatic carbocycles. The highest BCUT2D eigenvalue weighted by molar-refractivity contribution is 5.65. The Morgan fingerprint density at radius 1 is 1.26 bits per heavy atom. The molecule has 1 saturated carbocycles. The van der Waals surface area contributed by atoms with E-state index < -0.39 is 36.0 Å². The first kappa shape index (κ1) is 22.8. The fourth-order valence-corrected chi connectivity index (χ4v) is 5.05. The highest BCUT2D eigenvalue weighted by Crippen LogP contribution is 2.51. The second-order valence-corrected chi connectivity index (χ2v) is 9.75. The highest BCUT2D eigenvalue weighted by atomic mass is 16.8.